The van der Waals surface area contributed by atoms with Crippen molar-refractivity contribution in [3.63, 3.8) is 0 Å². The second kappa shape index (κ2) is 3.76. The molecule has 0 aliphatic heterocycles. The van der Waals surface area contributed by atoms with Crippen LogP contribution < -0.4 is 40.2 Å². The summed E-state index contributed by atoms with van der Waals surface area (Å²) in [6.45, 7) is 3.25. The van der Waals surface area contributed by atoms with Gasteiger partial charge in [-0.05, 0) is 19.7 Å². The minimum atomic E-state index is -0.355. The van der Waals surface area contributed by atoms with Gasteiger partial charge in [-0.25, -0.2) is 4.52 Å². The third kappa shape index (κ3) is 1.58. The van der Waals surface area contributed by atoms with Crippen LogP contribution in [-0.4, -0.2) is 14.6 Å². The van der Waals surface area contributed by atoms with Gasteiger partial charge in [-0.3, -0.25) is 4.79 Å². The van der Waals surface area contributed by atoms with Gasteiger partial charge in [-0.2, -0.15) is 5.10 Å². The third-order valence-corrected chi connectivity index (χ3v) is 1.93. The van der Waals surface area contributed by atoms with Gasteiger partial charge in [0.15, 0.2) is 0 Å². The molecule has 2 aromatic heterocycles. The first kappa shape index (κ1) is 11.3. The zero-order valence-electron chi connectivity index (χ0n) is 8.29. The van der Waals surface area contributed by atoms with Crippen molar-refractivity contribution in [2.24, 2.45) is 0 Å². The molecule has 0 bridgehead atoms. The predicted molar refractivity (Wildman–Crippen MR) is 44.7 cm³/mol. The molecule has 0 aliphatic rings. The number of hydrogen-bond donors (Lipinski definition) is 1. The maximum Gasteiger partial charge on any atom is 1.00 e. The van der Waals surface area contributed by atoms with Gasteiger partial charge in [0.05, 0.1) is 5.69 Å². The number of H-pyrrole nitrogens is 1. The molecule has 2 aromatic rings. The van der Waals surface area contributed by atoms with Crippen molar-refractivity contribution in [1.82, 2.24) is 14.6 Å². The first-order chi connectivity index (χ1) is 6.09. The fourth-order valence-corrected chi connectivity index (χ4v) is 1.21. The summed E-state index contributed by atoms with van der Waals surface area (Å²) < 4.78 is 1.20. The third-order valence-electron chi connectivity index (χ3n) is 1.93. The van der Waals surface area contributed by atoms with Gasteiger partial charge in [0.25, 0.3) is 5.56 Å². The van der Waals surface area contributed by atoms with E-state index in [4.69, 9.17) is 0 Å². The summed E-state index contributed by atoms with van der Waals surface area (Å²) in [4.78, 5) is 13.7. The molecule has 2 heterocycles. The molecule has 1 N–H and O–H groups in total. The number of nitrogens with one attached hydrogen (secondary N) is 1. The molecule has 0 atom stereocenters. The molecule has 68 valence electrons. The fraction of sp³-hybridized carbons (Fsp3) is 0.250. The van der Waals surface area contributed by atoms with E-state index in [1.165, 1.54) is 11.4 Å². The molecule has 0 aliphatic carbocycles. The molecule has 5 nitrogen and oxygen atoms in total. The Kier molecular flexibility index (Phi) is 3.04. The van der Waals surface area contributed by atoms with Gasteiger partial charge < -0.3 is 10.1 Å². The minimum absolute atomic E-state index is 0. The van der Waals surface area contributed by atoms with Crippen LogP contribution in [0.3, 0.4) is 0 Å². The first-order valence-electron chi connectivity index (χ1n) is 3.86. The molecular formula is C8H8N3NaO2. The zero-order chi connectivity index (χ0) is 9.59. The van der Waals surface area contributed by atoms with Crippen molar-refractivity contribution in [2.75, 3.05) is 0 Å². The van der Waals surface area contributed by atoms with Gasteiger partial charge >= 0.3 is 29.6 Å². The quantitative estimate of drug-likeness (QED) is 0.454. The van der Waals surface area contributed by atoms with E-state index < -0.39 is 0 Å². The summed E-state index contributed by atoms with van der Waals surface area (Å²) in [5.41, 5.74) is 0.962. The Balaban J connectivity index is 0.000000980. The zero-order valence-corrected chi connectivity index (χ0v) is 10.3. The van der Waals surface area contributed by atoms with Gasteiger partial charge in [0, 0.05) is 11.6 Å². The van der Waals surface area contributed by atoms with E-state index in [2.05, 4.69) is 10.1 Å². The summed E-state index contributed by atoms with van der Waals surface area (Å²) in [7, 11) is 0. The van der Waals surface area contributed by atoms with E-state index in [-0.39, 0.29) is 46.6 Å². The Morgan fingerprint density at radius 3 is 2.79 bits per heavy atom. The minimum Gasteiger partial charge on any atom is -0.858 e. The predicted octanol–water partition coefficient (Wildman–Crippen LogP) is -3.28. The Morgan fingerprint density at radius 1 is 1.50 bits per heavy atom. The van der Waals surface area contributed by atoms with Gasteiger partial charge in [-0.1, -0.05) is 0 Å². The van der Waals surface area contributed by atoms with Crippen LogP contribution in [0.2, 0.25) is 0 Å². The molecular weight excluding hydrogens is 193 g/mol. The maximum atomic E-state index is 11.4. The van der Waals surface area contributed by atoms with Crippen molar-refractivity contribution < 1.29 is 34.7 Å². The average Bonchev–Trinajstić information content (AvgIpc) is 2.42. The van der Waals surface area contributed by atoms with Crippen molar-refractivity contribution in [1.29, 1.82) is 0 Å². The number of nitrogens with zero attached hydrogens (tertiary/aromatic N) is 2. The molecule has 6 heteroatoms. The standard InChI is InChI=1S/C8H9N3O2.Na/c1-4-3-6-9-7(12)5(2)8(13)11(6)10-4;/h3,13H,1-2H3,(H,9,12);/q;+1/p-1. The second-order valence-electron chi connectivity index (χ2n) is 2.97. The second-order valence-corrected chi connectivity index (χ2v) is 2.97. The number of aromatic amines is 1. The van der Waals surface area contributed by atoms with E-state index in [0.29, 0.717) is 11.3 Å². The molecule has 0 radical (unpaired) electrons. The molecule has 0 aromatic carbocycles. The topological polar surface area (TPSA) is 73.2 Å². The number of aryl methyl sites for hydroxylation is 1. The van der Waals surface area contributed by atoms with E-state index in [0.717, 1.165) is 0 Å². The van der Waals surface area contributed by atoms with E-state index >= 15 is 0 Å². The van der Waals surface area contributed by atoms with Crippen LogP contribution in [0.15, 0.2) is 10.9 Å². The van der Waals surface area contributed by atoms with Gasteiger partial charge in [0.2, 0.25) is 0 Å². The van der Waals surface area contributed by atoms with Crippen LogP contribution >= 0.6 is 0 Å². The molecule has 0 spiro atoms. The maximum absolute atomic E-state index is 11.4. The number of aromatic nitrogens is 3. The Bertz CT molecular complexity index is 529. The molecule has 0 amide bonds. The smallest absolute Gasteiger partial charge is 0.858 e. The largest absolute Gasteiger partial charge is 1.00 e. The van der Waals surface area contributed by atoms with Gasteiger partial charge in [-0.15, -0.1) is 0 Å². The molecule has 0 unspecified atom stereocenters. The summed E-state index contributed by atoms with van der Waals surface area (Å²) >= 11 is 0. The number of fused-ring (bicyclic) bond motifs is 1. The molecule has 2 rings (SSSR count). The van der Waals surface area contributed by atoms with Gasteiger partial charge in [0.1, 0.15) is 5.65 Å². The normalized spacial score (nSPS) is 10.1. The monoisotopic (exact) mass is 201 g/mol. The summed E-state index contributed by atoms with van der Waals surface area (Å²) in [6.07, 6.45) is 0. The fourth-order valence-electron chi connectivity index (χ4n) is 1.21. The van der Waals surface area contributed by atoms with E-state index in [9.17, 15) is 9.90 Å². The molecule has 0 saturated carbocycles. The number of rotatable bonds is 0. The van der Waals surface area contributed by atoms with Crippen molar-refractivity contribution in [3.05, 3.63) is 27.7 Å². The van der Waals surface area contributed by atoms with Crippen molar-refractivity contribution in [2.45, 2.75) is 13.8 Å². The average molecular weight is 201 g/mol. The molecule has 14 heavy (non-hydrogen) atoms. The number of hydrogen-bond acceptors (Lipinski definition) is 3. The van der Waals surface area contributed by atoms with E-state index in [1.807, 2.05) is 0 Å². The summed E-state index contributed by atoms with van der Waals surface area (Å²) in [5.74, 6) is -0.355. The molecule has 0 saturated heterocycles. The van der Waals surface area contributed by atoms with E-state index in [1.54, 1.807) is 13.0 Å². The first-order valence-corrected chi connectivity index (χ1v) is 3.86. The van der Waals surface area contributed by atoms with Crippen LogP contribution in [0.5, 0.6) is 5.88 Å². The SMILES string of the molecule is Cc1cc2[nH]c(=O)c(C)c([O-])n2n1.[Na+]. The Morgan fingerprint density at radius 2 is 2.14 bits per heavy atom. The van der Waals surface area contributed by atoms with Crippen LogP contribution in [-0.2, 0) is 0 Å². The van der Waals surface area contributed by atoms with Crippen LogP contribution in [0.1, 0.15) is 11.3 Å². The molecule has 0 fully saturated rings. The summed E-state index contributed by atoms with van der Waals surface area (Å²) in [5, 5.41) is 15.4. The summed E-state index contributed by atoms with van der Waals surface area (Å²) in [6, 6.07) is 1.65. The van der Waals surface area contributed by atoms with Crippen molar-refractivity contribution in [3.8, 4) is 5.88 Å². The van der Waals surface area contributed by atoms with Crippen LogP contribution in [0.4, 0.5) is 0 Å². The van der Waals surface area contributed by atoms with Crippen LogP contribution in [0, 0.1) is 13.8 Å². The Labute approximate surface area is 102 Å². The Hall–Kier alpha value is -0.780. The van der Waals surface area contributed by atoms with Crippen LogP contribution in [0.25, 0.3) is 5.65 Å². The van der Waals surface area contributed by atoms with Crippen molar-refractivity contribution >= 4 is 5.65 Å².